The van der Waals surface area contributed by atoms with E-state index in [1.807, 2.05) is 6.92 Å². The predicted octanol–water partition coefficient (Wildman–Crippen LogP) is 3.18. The van der Waals surface area contributed by atoms with Crippen LogP contribution in [0.3, 0.4) is 0 Å². The molecule has 1 aliphatic rings. The van der Waals surface area contributed by atoms with Crippen molar-refractivity contribution in [3.8, 4) is 11.5 Å². The van der Waals surface area contributed by atoms with Crippen molar-refractivity contribution < 1.29 is 27.0 Å². The lowest BCUT2D eigenvalue weighted by atomic mass is 10.1. The number of aryl methyl sites for hydroxylation is 1. The van der Waals surface area contributed by atoms with Crippen LogP contribution in [0.4, 0.5) is 5.69 Å². The maximum atomic E-state index is 12.3. The fraction of sp³-hybridized carbons (Fsp3) is 0.263. The van der Waals surface area contributed by atoms with Crippen molar-refractivity contribution in [3.05, 3.63) is 70.3 Å². The van der Waals surface area contributed by atoms with E-state index in [-0.39, 0.29) is 36.0 Å². The molecule has 0 bridgehead atoms. The standard InChI is InChI=1S/C19H19NO7S/c1-3-4-16-17(20(21)22)9-10-18-19(16)27-14(11-25-18)12-26-28(23,24)15-7-5-13(2)6-8-15/h3,5-10,14H,1,4,11-12H2,2H3. The van der Waals surface area contributed by atoms with Gasteiger partial charge < -0.3 is 9.47 Å². The topological polar surface area (TPSA) is 105 Å². The lowest BCUT2D eigenvalue weighted by molar-refractivity contribution is -0.385. The molecule has 0 spiro atoms. The summed E-state index contributed by atoms with van der Waals surface area (Å²) in [6.45, 7) is 5.23. The third-order valence-corrected chi connectivity index (χ3v) is 5.47. The highest BCUT2D eigenvalue weighted by Gasteiger charge is 2.30. The molecule has 0 aromatic heterocycles. The molecule has 28 heavy (non-hydrogen) atoms. The fourth-order valence-corrected chi connectivity index (χ4v) is 3.69. The number of benzene rings is 2. The SMILES string of the molecule is C=CCc1c([N+](=O)[O-])ccc2c1OC(COS(=O)(=O)c1ccc(C)cc1)CO2. The lowest BCUT2D eigenvalue weighted by Crippen LogP contribution is -2.34. The Labute approximate surface area is 162 Å². The highest BCUT2D eigenvalue weighted by Crippen LogP contribution is 2.40. The second-order valence-electron chi connectivity index (χ2n) is 6.24. The van der Waals surface area contributed by atoms with Gasteiger partial charge in [0, 0.05) is 12.5 Å². The highest BCUT2D eigenvalue weighted by molar-refractivity contribution is 7.86. The third-order valence-electron chi connectivity index (χ3n) is 4.17. The number of hydrogen-bond donors (Lipinski definition) is 0. The van der Waals surface area contributed by atoms with Crippen LogP contribution in [-0.4, -0.2) is 32.7 Å². The first-order valence-electron chi connectivity index (χ1n) is 8.48. The zero-order valence-corrected chi connectivity index (χ0v) is 16.0. The Morgan fingerprint density at radius 3 is 2.64 bits per heavy atom. The van der Waals surface area contributed by atoms with Crippen LogP contribution in [-0.2, 0) is 20.7 Å². The molecule has 2 aromatic carbocycles. The summed E-state index contributed by atoms with van der Waals surface area (Å²) in [6.07, 6.45) is 0.991. The van der Waals surface area contributed by atoms with Gasteiger partial charge in [0.05, 0.1) is 15.4 Å². The summed E-state index contributed by atoms with van der Waals surface area (Å²) in [6, 6.07) is 9.08. The van der Waals surface area contributed by atoms with Gasteiger partial charge >= 0.3 is 0 Å². The normalized spacial score (nSPS) is 15.8. The Morgan fingerprint density at radius 2 is 2.00 bits per heavy atom. The molecule has 3 rings (SSSR count). The minimum Gasteiger partial charge on any atom is -0.486 e. The first-order chi connectivity index (χ1) is 13.3. The molecule has 0 amide bonds. The average Bonchev–Trinajstić information content (AvgIpc) is 2.67. The van der Waals surface area contributed by atoms with Crippen LogP contribution in [0.25, 0.3) is 0 Å². The van der Waals surface area contributed by atoms with Crippen LogP contribution in [0.15, 0.2) is 53.9 Å². The molecule has 1 atom stereocenters. The molecule has 0 N–H and O–H groups in total. The Balaban J connectivity index is 1.77. The second-order valence-corrected chi connectivity index (χ2v) is 7.86. The molecule has 0 fully saturated rings. The molecule has 2 aromatic rings. The fourth-order valence-electron chi connectivity index (χ4n) is 2.76. The van der Waals surface area contributed by atoms with Crippen LogP contribution < -0.4 is 9.47 Å². The monoisotopic (exact) mass is 405 g/mol. The van der Waals surface area contributed by atoms with E-state index in [2.05, 4.69) is 6.58 Å². The maximum Gasteiger partial charge on any atom is 0.297 e. The Morgan fingerprint density at radius 1 is 1.29 bits per heavy atom. The van der Waals surface area contributed by atoms with Crippen LogP contribution in [0.2, 0.25) is 0 Å². The molecule has 0 saturated carbocycles. The quantitative estimate of drug-likeness (QED) is 0.301. The number of hydrogen-bond acceptors (Lipinski definition) is 7. The summed E-state index contributed by atoms with van der Waals surface area (Å²) in [4.78, 5) is 10.8. The molecule has 9 heteroatoms. The van der Waals surface area contributed by atoms with Crippen molar-refractivity contribution in [1.82, 2.24) is 0 Å². The summed E-state index contributed by atoms with van der Waals surface area (Å²) in [5.41, 5.74) is 1.13. The van der Waals surface area contributed by atoms with Gasteiger partial charge in [0.15, 0.2) is 17.6 Å². The molecule has 0 radical (unpaired) electrons. The van der Waals surface area contributed by atoms with E-state index >= 15 is 0 Å². The molecule has 0 aliphatic carbocycles. The summed E-state index contributed by atoms with van der Waals surface area (Å²) < 4.78 is 41.1. The van der Waals surface area contributed by atoms with Gasteiger partial charge in [0.2, 0.25) is 0 Å². The van der Waals surface area contributed by atoms with Crippen molar-refractivity contribution >= 4 is 15.8 Å². The third kappa shape index (κ3) is 4.15. The summed E-state index contributed by atoms with van der Waals surface area (Å²) in [7, 11) is -3.96. The van der Waals surface area contributed by atoms with E-state index in [1.165, 1.54) is 30.3 Å². The number of nitrogens with zero attached hydrogens (tertiary/aromatic N) is 1. The average molecular weight is 405 g/mol. The van der Waals surface area contributed by atoms with E-state index in [0.717, 1.165) is 5.56 Å². The van der Waals surface area contributed by atoms with Crippen molar-refractivity contribution in [2.24, 2.45) is 0 Å². The minimum atomic E-state index is -3.96. The van der Waals surface area contributed by atoms with E-state index in [9.17, 15) is 18.5 Å². The van der Waals surface area contributed by atoms with Crippen LogP contribution in [0.1, 0.15) is 11.1 Å². The minimum absolute atomic E-state index is 0.0400. The lowest BCUT2D eigenvalue weighted by Gasteiger charge is -2.27. The molecule has 1 heterocycles. The Bertz CT molecular complexity index is 1000. The second kappa shape index (κ2) is 7.99. The smallest absolute Gasteiger partial charge is 0.297 e. The van der Waals surface area contributed by atoms with Gasteiger partial charge in [-0.3, -0.25) is 14.3 Å². The zero-order chi connectivity index (χ0) is 20.3. The van der Waals surface area contributed by atoms with Crippen molar-refractivity contribution in [2.45, 2.75) is 24.3 Å². The molecule has 1 aliphatic heterocycles. The largest absolute Gasteiger partial charge is 0.486 e. The van der Waals surface area contributed by atoms with Crippen LogP contribution in [0, 0.1) is 17.0 Å². The summed E-state index contributed by atoms with van der Waals surface area (Å²) in [5.74, 6) is 0.571. The van der Waals surface area contributed by atoms with Gasteiger partial charge in [-0.2, -0.15) is 8.42 Å². The van der Waals surface area contributed by atoms with E-state index < -0.39 is 21.1 Å². The Kier molecular flexibility index (Phi) is 5.66. The van der Waals surface area contributed by atoms with Gasteiger partial charge in [-0.25, -0.2) is 0 Å². The molecule has 0 saturated heterocycles. The van der Waals surface area contributed by atoms with Crippen LogP contribution in [0.5, 0.6) is 11.5 Å². The number of nitro groups is 1. The molecular weight excluding hydrogens is 386 g/mol. The van der Waals surface area contributed by atoms with Gasteiger partial charge in [0.1, 0.15) is 13.2 Å². The molecule has 148 valence electrons. The van der Waals surface area contributed by atoms with E-state index in [0.29, 0.717) is 11.3 Å². The van der Waals surface area contributed by atoms with Crippen molar-refractivity contribution in [3.63, 3.8) is 0 Å². The Hall–Kier alpha value is -2.91. The van der Waals surface area contributed by atoms with Gasteiger partial charge in [-0.15, -0.1) is 6.58 Å². The van der Waals surface area contributed by atoms with E-state index in [4.69, 9.17) is 13.7 Å². The van der Waals surface area contributed by atoms with Gasteiger partial charge in [0.25, 0.3) is 15.8 Å². The number of fused-ring (bicyclic) bond motifs is 1. The number of nitro benzene ring substituents is 1. The van der Waals surface area contributed by atoms with Crippen molar-refractivity contribution in [2.75, 3.05) is 13.2 Å². The number of allylic oxidation sites excluding steroid dienone is 1. The number of ether oxygens (including phenoxy) is 2. The maximum absolute atomic E-state index is 12.3. The summed E-state index contributed by atoms with van der Waals surface area (Å²) in [5, 5.41) is 11.3. The zero-order valence-electron chi connectivity index (χ0n) is 15.2. The molecule has 8 nitrogen and oxygen atoms in total. The predicted molar refractivity (Wildman–Crippen MR) is 101 cm³/mol. The van der Waals surface area contributed by atoms with Gasteiger partial charge in [-0.1, -0.05) is 23.8 Å². The van der Waals surface area contributed by atoms with Gasteiger partial charge in [-0.05, 0) is 25.1 Å². The van der Waals surface area contributed by atoms with Crippen LogP contribution >= 0.6 is 0 Å². The first-order valence-corrected chi connectivity index (χ1v) is 9.89. The molecule has 1 unspecified atom stereocenters. The first kappa shape index (κ1) is 19.8. The highest BCUT2D eigenvalue weighted by atomic mass is 32.2. The van der Waals surface area contributed by atoms with E-state index in [1.54, 1.807) is 12.1 Å². The van der Waals surface area contributed by atoms with Crippen molar-refractivity contribution in [1.29, 1.82) is 0 Å². The summed E-state index contributed by atoms with van der Waals surface area (Å²) >= 11 is 0. The number of rotatable bonds is 7. The molecular formula is C19H19NO7S.